The van der Waals surface area contributed by atoms with E-state index in [9.17, 15) is 4.79 Å². The molecule has 4 aromatic rings. The van der Waals surface area contributed by atoms with Crippen molar-refractivity contribution in [1.82, 2.24) is 30.1 Å². The lowest BCUT2D eigenvalue weighted by Crippen LogP contribution is -2.24. The summed E-state index contributed by atoms with van der Waals surface area (Å²) in [6, 6.07) is 11.3. The van der Waals surface area contributed by atoms with Crippen molar-refractivity contribution in [2.75, 3.05) is 18.0 Å². The monoisotopic (exact) mass is 419 g/mol. The van der Waals surface area contributed by atoms with Crippen molar-refractivity contribution in [2.45, 2.75) is 33.7 Å². The second kappa shape index (κ2) is 8.95. The number of carbonyl (C=O) groups is 1. The number of aryl methyl sites for hydroxylation is 1. The number of carbonyl (C=O) groups excluding carboxylic acids is 1. The Morgan fingerprint density at radius 2 is 1.87 bits per heavy atom. The molecule has 1 aromatic carbocycles. The number of nitrogens with zero attached hydrogens (tertiary/aromatic N) is 6. The first-order valence-corrected chi connectivity index (χ1v) is 10.4. The number of hydrogen-bond donors (Lipinski definition) is 1. The summed E-state index contributed by atoms with van der Waals surface area (Å²) in [7, 11) is 0. The SMILES string of the molecule is CCc1noc(-c2cccn3c(CNC(=O)c4ccc(N(CC)CC)cc4)nnc23)n1. The molecule has 0 aliphatic carbocycles. The number of benzene rings is 1. The van der Waals surface area contributed by atoms with Gasteiger partial charge in [-0.25, -0.2) is 0 Å². The van der Waals surface area contributed by atoms with Gasteiger partial charge in [-0.15, -0.1) is 10.2 Å². The maximum Gasteiger partial charge on any atom is 0.261 e. The summed E-state index contributed by atoms with van der Waals surface area (Å²) in [5.74, 6) is 1.48. The van der Waals surface area contributed by atoms with E-state index in [2.05, 4.69) is 44.4 Å². The van der Waals surface area contributed by atoms with Crippen LogP contribution < -0.4 is 10.2 Å². The smallest absolute Gasteiger partial charge is 0.261 e. The van der Waals surface area contributed by atoms with Crippen LogP contribution in [-0.2, 0) is 13.0 Å². The van der Waals surface area contributed by atoms with Gasteiger partial charge in [-0.2, -0.15) is 4.98 Å². The molecule has 1 N–H and O–H groups in total. The zero-order chi connectivity index (χ0) is 21.8. The molecule has 0 atom stereocenters. The quantitative estimate of drug-likeness (QED) is 0.468. The third-order valence-corrected chi connectivity index (χ3v) is 5.19. The number of pyridine rings is 1. The van der Waals surface area contributed by atoms with Gasteiger partial charge in [-0.3, -0.25) is 9.20 Å². The van der Waals surface area contributed by atoms with Crippen molar-refractivity contribution in [3.63, 3.8) is 0 Å². The molecule has 3 aromatic heterocycles. The number of hydrogen-bond acceptors (Lipinski definition) is 7. The number of nitrogens with one attached hydrogen (secondary N) is 1. The third-order valence-electron chi connectivity index (χ3n) is 5.19. The molecule has 4 rings (SSSR count). The van der Waals surface area contributed by atoms with Crippen molar-refractivity contribution < 1.29 is 9.32 Å². The maximum absolute atomic E-state index is 12.6. The lowest BCUT2D eigenvalue weighted by atomic mass is 10.2. The van der Waals surface area contributed by atoms with E-state index in [1.54, 1.807) is 0 Å². The van der Waals surface area contributed by atoms with E-state index in [0.717, 1.165) is 18.8 Å². The van der Waals surface area contributed by atoms with Gasteiger partial charge in [0.1, 0.15) is 0 Å². The van der Waals surface area contributed by atoms with Crippen LogP contribution in [-0.4, -0.2) is 43.7 Å². The first-order valence-electron chi connectivity index (χ1n) is 10.4. The summed E-state index contributed by atoms with van der Waals surface area (Å²) >= 11 is 0. The Hall–Kier alpha value is -3.75. The molecule has 0 aliphatic heterocycles. The van der Waals surface area contributed by atoms with E-state index < -0.39 is 0 Å². The van der Waals surface area contributed by atoms with E-state index in [4.69, 9.17) is 4.52 Å². The first kappa shape index (κ1) is 20.5. The van der Waals surface area contributed by atoms with Crippen LogP contribution >= 0.6 is 0 Å². The van der Waals surface area contributed by atoms with E-state index in [1.807, 2.05) is 53.9 Å². The van der Waals surface area contributed by atoms with E-state index in [0.29, 0.717) is 40.7 Å². The van der Waals surface area contributed by atoms with E-state index >= 15 is 0 Å². The average molecular weight is 419 g/mol. The van der Waals surface area contributed by atoms with E-state index in [1.165, 1.54) is 0 Å². The van der Waals surface area contributed by atoms with Crippen LogP contribution in [0.2, 0.25) is 0 Å². The molecular weight excluding hydrogens is 394 g/mol. The van der Waals surface area contributed by atoms with Crippen LogP contribution in [0, 0.1) is 0 Å². The summed E-state index contributed by atoms with van der Waals surface area (Å²) in [6.07, 6.45) is 2.53. The van der Waals surface area contributed by atoms with Gasteiger partial charge < -0.3 is 14.7 Å². The highest BCUT2D eigenvalue weighted by atomic mass is 16.5. The van der Waals surface area contributed by atoms with Gasteiger partial charge in [0.15, 0.2) is 17.3 Å². The Morgan fingerprint density at radius 1 is 1.10 bits per heavy atom. The molecule has 1 amide bonds. The largest absolute Gasteiger partial charge is 0.372 e. The molecule has 0 radical (unpaired) electrons. The van der Waals surface area contributed by atoms with Gasteiger partial charge in [0.2, 0.25) is 0 Å². The third kappa shape index (κ3) is 4.11. The maximum atomic E-state index is 12.6. The van der Waals surface area contributed by atoms with E-state index in [-0.39, 0.29) is 12.5 Å². The minimum atomic E-state index is -0.163. The van der Waals surface area contributed by atoms with Gasteiger partial charge in [0.25, 0.3) is 11.8 Å². The Bertz CT molecular complexity index is 1180. The predicted octanol–water partition coefficient (Wildman–Crippen LogP) is 3.12. The number of fused-ring (bicyclic) bond motifs is 1. The zero-order valence-corrected chi connectivity index (χ0v) is 17.9. The molecular formula is C22H25N7O2. The lowest BCUT2D eigenvalue weighted by Gasteiger charge is -2.21. The lowest BCUT2D eigenvalue weighted by molar-refractivity contribution is 0.0950. The molecule has 0 bridgehead atoms. The van der Waals surface area contributed by atoms with Gasteiger partial charge in [0.05, 0.1) is 12.1 Å². The highest BCUT2D eigenvalue weighted by molar-refractivity contribution is 5.94. The molecule has 0 spiro atoms. The fourth-order valence-corrected chi connectivity index (χ4v) is 3.43. The molecule has 3 heterocycles. The minimum absolute atomic E-state index is 0.163. The topological polar surface area (TPSA) is 101 Å². The second-order valence-corrected chi connectivity index (χ2v) is 7.00. The first-order chi connectivity index (χ1) is 15.1. The Labute approximate surface area is 180 Å². The molecule has 0 fully saturated rings. The number of amides is 1. The molecule has 0 saturated heterocycles. The van der Waals surface area contributed by atoms with Crippen molar-refractivity contribution in [1.29, 1.82) is 0 Å². The molecule has 9 heteroatoms. The highest BCUT2D eigenvalue weighted by Crippen LogP contribution is 2.22. The van der Waals surface area contributed by atoms with Crippen molar-refractivity contribution in [3.05, 3.63) is 59.8 Å². The Balaban J connectivity index is 1.49. The van der Waals surface area contributed by atoms with Crippen LogP contribution in [0.3, 0.4) is 0 Å². The fourth-order valence-electron chi connectivity index (χ4n) is 3.43. The number of aromatic nitrogens is 5. The van der Waals surface area contributed by atoms with Gasteiger partial charge in [-0.1, -0.05) is 12.1 Å². The van der Waals surface area contributed by atoms with Crippen molar-refractivity contribution >= 4 is 17.2 Å². The molecule has 0 unspecified atom stereocenters. The molecule has 160 valence electrons. The second-order valence-electron chi connectivity index (χ2n) is 7.00. The standard InChI is InChI=1S/C22H25N7O2/c1-4-18-24-22(31-27-18)17-8-7-13-29-19(25-26-20(17)29)14-23-21(30)15-9-11-16(12-10-15)28(5-2)6-3/h7-13H,4-6,14H2,1-3H3,(H,23,30). The van der Waals surface area contributed by atoms with Crippen LogP contribution in [0.15, 0.2) is 47.1 Å². The molecule has 9 nitrogen and oxygen atoms in total. The summed E-state index contributed by atoms with van der Waals surface area (Å²) in [6.45, 7) is 8.27. The molecule has 0 aliphatic rings. The number of rotatable bonds is 8. The summed E-state index contributed by atoms with van der Waals surface area (Å²) < 4.78 is 7.16. The average Bonchev–Trinajstić information content (AvgIpc) is 3.46. The van der Waals surface area contributed by atoms with Gasteiger partial charge in [-0.05, 0) is 50.2 Å². The normalized spacial score (nSPS) is 11.1. The Morgan fingerprint density at radius 3 is 2.55 bits per heavy atom. The number of anilines is 1. The summed E-state index contributed by atoms with van der Waals surface area (Å²) in [5.41, 5.74) is 3.00. The Kier molecular flexibility index (Phi) is 5.92. The van der Waals surface area contributed by atoms with Crippen LogP contribution in [0.5, 0.6) is 0 Å². The van der Waals surface area contributed by atoms with Crippen molar-refractivity contribution in [3.8, 4) is 11.5 Å². The summed E-state index contributed by atoms with van der Waals surface area (Å²) in [5, 5.41) is 15.4. The van der Waals surface area contributed by atoms with Crippen LogP contribution in [0.1, 0.15) is 42.8 Å². The summed E-state index contributed by atoms with van der Waals surface area (Å²) in [4.78, 5) is 19.2. The van der Waals surface area contributed by atoms with Gasteiger partial charge >= 0.3 is 0 Å². The predicted molar refractivity (Wildman–Crippen MR) is 117 cm³/mol. The van der Waals surface area contributed by atoms with Crippen LogP contribution in [0.4, 0.5) is 5.69 Å². The molecule has 31 heavy (non-hydrogen) atoms. The van der Waals surface area contributed by atoms with Crippen molar-refractivity contribution in [2.24, 2.45) is 0 Å². The fraction of sp³-hybridized carbons (Fsp3) is 0.318. The van der Waals surface area contributed by atoms with Gasteiger partial charge in [0, 0.05) is 37.0 Å². The van der Waals surface area contributed by atoms with Crippen LogP contribution in [0.25, 0.3) is 17.1 Å². The zero-order valence-electron chi connectivity index (χ0n) is 17.9. The highest BCUT2D eigenvalue weighted by Gasteiger charge is 2.16. The molecule has 0 saturated carbocycles. The minimum Gasteiger partial charge on any atom is -0.372 e.